The van der Waals surface area contributed by atoms with Crippen LogP contribution in [0.2, 0.25) is 0 Å². The van der Waals surface area contributed by atoms with Gasteiger partial charge in [-0.2, -0.15) is 0 Å². The van der Waals surface area contributed by atoms with Gasteiger partial charge in [0.05, 0.1) is 11.2 Å². The molecule has 2 heteroatoms. The van der Waals surface area contributed by atoms with Crippen LogP contribution in [0.4, 0.5) is 0 Å². The van der Waals surface area contributed by atoms with Crippen LogP contribution in [0.5, 0.6) is 0 Å². The Morgan fingerprint density at radius 1 is 0.233 bits per heavy atom. The second kappa shape index (κ2) is 15.1. The highest BCUT2D eigenvalue weighted by Gasteiger charge is 2.16. The predicted molar refractivity (Wildman–Crippen MR) is 253 cm³/mol. The molecule has 0 N–H and O–H groups in total. The molecule has 60 heavy (non-hydrogen) atoms. The van der Waals surface area contributed by atoms with E-state index in [4.69, 9.17) is 9.97 Å². The van der Waals surface area contributed by atoms with Crippen LogP contribution in [0.1, 0.15) is 0 Å². The maximum atomic E-state index is 5.38. The molecule has 280 valence electrons. The molecule has 0 fully saturated rings. The van der Waals surface area contributed by atoms with Crippen LogP contribution < -0.4 is 0 Å². The van der Waals surface area contributed by atoms with Crippen LogP contribution in [0, 0.1) is 0 Å². The van der Waals surface area contributed by atoms with E-state index in [1.54, 1.807) is 0 Å². The summed E-state index contributed by atoms with van der Waals surface area (Å²) in [4.78, 5) is 10.6. The highest BCUT2D eigenvalue weighted by atomic mass is 14.9. The van der Waals surface area contributed by atoms with Crippen molar-refractivity contribution < 1.29 is 0 Å². The van der Waals surface area contributed by atoms with E-state index in [1.807, 2.05) is 0 Å². The Balaban J connectivity index is 0.979. The van der Waals surface area contributed by atoms with Gasteiger partial charge < -0.3 is 0 Å². The molecule has 11 aromatic rings. The summed E-state index contributed by atoms with van der Waals surface area (Å²) < 4.78 is 0. The first-order valence-electron chi connectivity index (χ1n) is 20.5. The van der Waals surface area contributed by atoms with Crippen molar-refractivity contribution >= 4 is 32.4 Å². The summed E-state index contributed by atoms with van der Waals surface area (Å²) in [6.07, 6.45) is 0. The van der Waals surface area contributed by atoms with Gasteiger partial charge in [0.1, 0.15) is 0 Å². The quantitative estimate of drug-likeness (QED) is 0.151. The summed E-state index contributed by atoms with van der Waals surface area (Å²) in [5.74, 6) is 0.708. The SMILES string of the molecule is c1ccc(-c2cc(-c3ccccc3)cc(-c3cccc(-c4cccc(-c5cccc(-c6nc(-c7ccc8ccccc8c7)c7c(ccc8ccccc87)n6)c5)c4)c3)c2)cc1. The van der Waals surface area contributed by atoms with Gasteiger partial charge >= 0.3 is 0 Å². The molecular formula is C58H38N2. The van der Waals surface area contributed by atoms with Gasteiger partial charge in [-0.1, -0.05) is 182 Å². The normalized spacial score (nSPS) is 11.3. The Morgan fingerprint density at radius 2 is 0.667 bits per heavy atom. The first-order valence-corrected chi connectivity index (χ1v) is 20.5. The highest BCUT2D eigenvalue weighted by Crippen LogP contribution is 2.38. The lowest BCUT2D eigenvalue weighted by Gasteiger charge is -2.14. The van der Waals surface area contributed by atoms with Gasteiger partial charge in [-0.05, 0) is 126 Å². The molecule has 0 aliphatic heterocycles. The number of fused-ring (bicyclic) bond motifs is 4. The lowest BCUT2D eigenvalue weighted by atomic mass is 9.91. The minimum atomic E-state index is 0.708. The molecule has 0 atom stereocenters. The van der Waals surface area contributed by atoms with E-state index in [-0.39, 0.29) is 0 Å². The zero-order valence-electron chi connectivity index (χ0n) is 32.8. The van der Waals surface area contributed by atoms with E-state index in [9.17, 15) is 0 Å². The van der Waals surface area contributed by atoms with E-state index in [0.29, 0.717) is 5.82 Å². The van der Waals surface area contributed by atoms with Gasteiger partial charge in [0, 0.05) is 16.5 Å². The first-order chi connectivity index (χ1) is 29.7. The van der Waals surface area contributed by atoms with Crippen molar-refractivity contribution in [2.45, 2.75) is 0 Å². The topological polar surface area (TPSA) is 25.8 Å². The Labute approximate surface area is 349 Å². The summed E-state index contributed by atoms with van der Waals surface area (Å²) in [7, 11) is 0. The molecule has 0 amide bonds. The van der Waals surface area contributed by atoms with E-state index >= 15 is 0 Å². The Hall–Kier alpha value is -7.94. The molecule has 2 nitrogen and oxygen atoms in total. The first kappa shape index (κ1) is 35.2. The van der Waals surface area contributed by atoms with E-state index in [0.717, 1.165) is 49.8 Å². The maximum Gasteiger partial charge on any atom is 0.160 e. The molecule has 1 aromatic heterocycles. The molecule has 0 aliphatic rings. The Morgan fingerprint density at radius 3 is 1.28 bits per heavy atom. The summed E-state index contributed by atoms with van der Waals surface area (Å²) in [6, 6.07) is 82.6. The summed E-state index contributed by atoms with van der Waals surface area (Å²) in [6.45, 7) is 0. The average molecular weight is 763 g/mol. The number of hydrogen-bond acceptors (Lipinski definition) is 2. The minimum absolute atomic E-state index is 0.708. The smallest absolute Gasteiger partial charge is 0.160 e. The van der Waals surface area contributed by atoms with Crippen molar-refractivity contribution in [3.8, 4) is 78.3 Å². The lowest BCUT2D eigenvalue weighted by molar-refractivity contribution is 1.23. The standard InChI is InChI=1S/C58H38N2/c1-3-14-39(15-4-1)51-36-52(40-16-5-2-6-17-40)38-53(37-51)48-25-12-23-46(33-48)44-21-11-22-45(32-44)47-24-13-26-50(35-47)58-59-55-31-30-42-19-9-10-27-54(42)56(55)57(60-58)49-29-28-41-18-7-8-20-43(41)34-49/h1-38H. The molecule has 0 unspecified atom stereocenters. The number of hydrogen-bond donors (Lipinski definition) is 0. The van der Waals surface area contributed by atoms with Crippen LogP contribution in [0.3, 0.4) is 0 Å². The van der Waals surface area contributed by atoms with Crippen molar-refractivity contribution in [3.05, 3.63) is 231 Å². The lowest BCUT2D eigenvalue weighted by Crippen LogP contribution is -1.96. The fourth-order valence-electron chi connectivity index (χ4n) is 8.56. The number of aromatic nitrogens is 2. The van der Waals surface area contributed by atoms with Gasteiger partial charge in [-0.15, -0.1) is 0 Å². The average Bonchev–Trinajstić information content (AvgIpc) is 3.34. The second-order valence-electron chi connectivity index (χ2n) is 15.4. The number of nitrogens with zero attached hydrogens (tertiary/aromatic N) is 2. The second-order valence-corrected chi connectivity index (χ2v) is 15.4. The van der Waals surface area contributed by atoms with Gasteiger partial charge in [-0.3, -0.25) is 0 Å². The van der Waals surface area contributed by atoms with Crippen LogP contribution in [-0.4, -0.2) is 9.97 Å². The molecule has 0 spiro atoms. The zero-order valence-corrected chi connectivity index (χ0v) is 32.8. The van der Waals surface area contributed by atoms with Crippen molar-refractivity contribution in [1.82, 2.24) is 9.97 Å². The Bertz CT molecular complexity index is 3310. The van der Waals surface area contributed by atoms with Gasteiger partial charge in [0.25, 0.3) is 0 Å². The summed E-state index contributed by atoms with van der Waals surface area (Å²) >= 11 is 0. The third-order valence-electron chi connectivity index (χ3n) is 11.6. The summed E-state index contributed by atoms with van der Waals surface area (Å²) in [5.41, 5.74) is 15.7. The van der Waals surface area contributed by atoms with E-state index in [1.165, 1.54) is 55.1 Å². The fraction of sp³-hybridized carbons (Fsp3) is 0. The van der Waals surface area contributed by atoms with Crippen molar-refractivity contribution in [3.63, 3.8) is 0 Å². The van der Waals surface area contributed by atoms with Gasteiger partial charge in [0.2, 0.25) is 0 Å². The molecule has 11 rings (SSSR count). The van der Waals surface area contributed by atoms with Gasteiger partial charge in [0.15, 0.2) is 5.82 Å². The molecular weight excluding hydrogens is 725 g/mol. The molecule has 0 radical (unpaired) electrons. The number of rotatable bonds is 7. The molecule has 0 saturated heterocycles. The van der Waals surface area contributed by atoms with Crippen molar-refractivity contribution in [2.24, 2.45) is 0 Å². The van der Waals surface area contributed by atoms with Crippen molar-refractivity contribution in [2.75, 3.05) is 0 Å². The highest BCUT2D eigenvalue weighted by molar-refractivity contribution is 6.13. The molecule has 0 aliphatic carbocycles. The molecule has 10 aromatic carbocycles. The monoisotopic (exact) mass is 762 g/mol. The third-order valence-corrected chi connectivity index (χ3v) is 11.6. The zero-order chi connectivity index (χ0) is 39.8. The molecule has 1 heterocycles. The van der Waals surface area contributed by atoms with Crippen LogP contribution in [-0.2, 0) is 0 Å². The van der Waals surface area contributed by atoms with E-state index in [2.05, 4.69) is 231 Å². The van der Waals surface area contributed by atoms with Crippen LogP contribution in [0.25, 0.3) is 111 Å². The van der Waals surface area contributed by atoms with Gasteiger partial charge in [-0.25, -0.2) is 9.97 Å². The molecule has 0 saturated carbocycles. The predicted octanol–water partition coefficient (Wildman–Crippen LogP) is 15.6. The Kier molecular flexibility index (Phi) is 8.87. The fourth-order valence-corrected chi connectivity index (χ4v) is 8.56. The van der Waals surface area contributed by atoms with Crippen molar-refractivity contribution in [1.29, 1.82) is 0 Å². The maximum absolute atomic E-state index is 5.38. The summed E-state index contributed by atoms with van der Waals surface area (Å²) in [5, 5.41) is 5.80. The number of benzene rings is 10. The minimum Gasteiger partial charge on any atom is -0.228 e. The largest absolute Gasteiger partial charge is 0.228 e. The van der Waals surface area contributed by atoms with Crippen LogP contribution >= 0.6 is 0 Å². The van der Waals surface area contributed by atoms with E-state index < -0.39 is 0 Å². The molecule has 0 bridgehead atoms. The third kappa shape index (κ3) is 6.70. The van der Waals surface area contributed by atoms with Crippen LogP contribution in [0.15, 0.2) is 231 Å².